The molecule has 0 aliphatic rings. The Kier molecular flexibility index (Phi) is 7.48. The van der Waals surface area contributed by atoms with Gasteiger partial charge in [0.15, 0.2) is 19.7 Å². The topological polar surface area (TPSA) is 114 Å². The Labute approximate surface area is 233 Å². The molecule has 0 spiro atoms. The van der Waals surface area contributed by atoms with Crippen LogP contribution in [0, 0.1) is 0 Å². The lowest BCUT2D eigenvalue weighted by atomic mass is 10.1. The molecule has 0 atom stereocenters. The van der Waals surface area contributed by atoms with Crippen molar-refractivity contribution in [1.82, 2.24) is 9.83 Å². The van der Waals surface area contributed by atoms with Gasteiger partial charge in [0.05, 0.1) is 23.2 Å². The lowest BCUT2D eigenvalue weighted by molar-refractivity contribution is 0.0945. The number of fused-ring (bicyclic) bond motifs is 4. The predicted octanol–water partition coefficient (Wildman–Crippen LogP) is 5.38. The third-order valence-electron chi connectivity index (χ3n) is 6.71. The van der Waals surface area contributed by atoms with Crippen LogP contribution in [0.4, 0.5) is 0 Å². The maximum Gasteiger partial charge on any atom is 0.289 e. The molecule has 0 radical (unpaired) electrons. The largest absolute Gasteiger partial charge is 0.309 e. The number of hydrogen-bond donors (Lipinski definition) is 1. The van der Waals surface area contributed by atoms with Crippen LogP contribution in [-0.2, 0) is 19.7 Å². The highest BCUT2D eigenvalue weighted by Gasteiger charge is 2.37. The van der Waals surface area contributed by atoms with E-state index in [0.29, 0.717) is 5.39 Å². The van der Waals surface area contributed by atoms with E-state index in [9.17, 15) is 21.6 Å². The molecule has 0 saturated carbocycles. The van der Waals surface area contributed by atoms with Gasteiger partial charge in [0, 0.05) is 17.1 Å². The number of aromatic nitrogens is 1. The summed E-state index contributed by atoms with van der Waals surface area (Å²) in [6, 6.07) is 22.2. The van der Waals surface area contributed by atoms with Gasteiger partial charge in [-0.3, -0.25) is 4.79 Å². The molecule has 2 aromatic heterocycles. The Morgan fingerprint density at radius 1 is 0.775 bits per heavy atom. The number of rotatable bonds is 9. The lowest BCUT2D eigenvalue weighted by Gasteiger charge is -2.09. The summed E-state index contributed by atoms with van der Waals surface area (Å²) in [5.74, 6) is -1.39. The second-order valence-electron chi connectivity index (χ2n) is 9.53. The van der Waals surface area contributed by atoms with Crippen LogP contribution in [0.3, 0.4) is 0 Å². The number of hydrazone groups is 1. The zero-order valence-electron chi connectivity index (χ0n) is 22.2. The third-order valence-corrected chi connectivity index (χ3v) is 10.8. The van der Waals surface area contributed by atoms with Gasteiger partial charge < -0.3 is 4.40 Å². The molecule has 1 N–H and O–H groups in total. The number of nitrogens with one attached hydrogen (secondary N) is 1. The highest BCUT2D eigenvalue weighted by molar-refractivity contribution is 7.94. The number of amides is 1. The van der Waals surface area contributed by atoms with Gasteiger partial charge >= 0.3 is 0 Å². The number of carbonyl (C=O) groups excluding carboxylic acids is 1. The molecule has 5 aromatic rings. The molecule has 10 heteroatoms. The molecule has 40 heavy (non-hydrogen) atoms. The minimum absolute atomic E-state index is 0.171. The molecule has 0 unspecified atom stereocenters. The molecule has 5 rings (SSSR count). The van der Waals surface area contributed by atoms with E-state index in [1.165, 1.54) is 16.8 Å². The molecule has 206 valence electrons. The van der Waals surface area contributed by atoms with Crippen LogP contribution < -0.4 is 5.43 Å². The maximum absolute atomic E-state index is 13.7. The van der Waals surface area contributed by atoms with Crippen molar-refractivity contribution in [2.24, 2.45) is 5.10 Å². The summed E-state index contributed by atoms with van der Waals surface area (Å²) < 4.78 is 56.1. The standard InChI is InChI=1S/C30H29N3O5S2/c1-3-18-39(35,36)28-26-25-15-8-6-11-22(25)16-17-33(26)27(29(28)40(37,38)19-4-2)30(34)32-31-20-23-13-9-12-21-10-5-7-14-24(21)23/h5-17,20H,3-4,18-19H2,1-2H3,(H,32,34)/b31-20-. The van der Waals surface area contributed by atoms with Crippen molar-refractivity contribution in [2.45, 2.75) is 36.5 Å². The number of hydrogen-bond acceptors (Lipinski definition) is 6. The first-order valence-electron chi connectivity index (χ1n) is 13.0. The zero-order chi connectivity index (χ0) is 28.5. The molecular weight excluding hydrogens is 546 g/mol. The second kappa shape index (κ2) is 10.9. The summed E-state index contributed by atoms with van der Waals surface area (Å²) in [6.45, 7) is 3.40. The lowest BCUT2D eigenvalue weighted by Crippen LogP contribution is -2.23. The van der Waals surface area contributed by atoms with Gasteiger partial charge in [-0.15, -0.1) is 0 Å². The Bertz CT molecular complexity index is 2000. The van der Waals surface area contributed by atoms with Crippen LogP contribution in [-0.4, -0.2) is 44.9 Å². The summed E-state index contributed by atoms with van der Waals surface area (Å²) in [6.07, 6.45) is 3.56. The highest BCUT2D eigenvalue weighted by atomic mass is 32.2. The monoisotopic (exact) mass is 575 g/mol. The van der Waals surface area contributed by atoms with Gasteiger partial charge in [-0.05, 0) is 35.1 Å². The number of pyridine rings is 1. The molecule has 0 bridgehead atoms. The highest BCUT2D eigenvalue weighted by Crippen LogP contribution is 2.37. The van der Waals surface area contributed by atoms with Crippen LogP contribution in [0.15, 0.2) is 93.9 Å². The van der Waals surface area contributed by atoms with Crippen LogP contribution in [0.1, 0.15) is 42.7 Å². The number of benzene rings is 3. The average molecular weight is 576 g/mol. The van der Waals surface area contributed by atoms with Crippen LogP contribution in [0.2, 0.25) is 0 Å². The molecule has 2 heterocycles. The first-order valence-corrected chi connectivity index (χ1v) is 16.3. The summed E-state index contributed by atoms with van der Waals surface area (Å²) in [5, 5.41) is 7.32. The Morgan fingerprint density at radius 3 is 2.02 bits per heavy atom. The van der Waals surface area contributed by atoms with Crippen molar-refractivity contribution >= 4 is 58.9 Å². The first-order chi connectivity index (χ1) is 19.2. The zero-order valence-corrected chi connectivity index (χ0v) is 23.8. The van der Waals surface area contributed by atoms with E-state index in [4.69, 9.17) is 0 Å². The van der Waals surface area contributed by atoms with Crippen molar-refractivity contribution in [3.8, 4) is 0 Å². The second-order valence-corrected chi connectivity index (χ2v) is 13.6. The fourth-order valence-electron chi connectivity index (χ4n) is 5.07. The van der Waals surface area contributed by atoms with Gasteiger partial charge in [0.25, 0.3) is 5.91 Å². The average Bonchev–Trinajstić information content (AvgIpc) is 3.31. The minimum Gasteiger partial charge on any atom is -0.309 e. The van der Waals surface area contributed by atoms with Crippen molar-refractivity contribution in [1.29, 1.82) is 0 Å². The van der Waals surface area contributed by atoms with Gasteiger partial charge in [0.2, 0.25) is 0 Å². The molecule has 0 aliphatic carbocycles. The van der Waals surface area contributed by atoms with E-state index in [0.717, 1.165) is 21.7 Å². The summed E-state index contributed by atoms with van der Waals surface area (Å²) in [4.78, 5) is 12.9. The number of carbonyl (C=O) groups is 1. The van der Waals surface area contributed by atoms with E-state index in [-0.39, 0.29) is 40.5 Å². The van der Waals surface area contributed by atoms with E-state index in [1.807, 2.05) is 54.6 Å². The molecule has 0 fully saturated rings. The summed E-state index contributed by atoms with van der Waals surface area (Å²) in [5.41, 5.74) is 3.10. The van der Waals surface area contributed by atoms with Crippen molar-refractivity contribution in [3.05, 3.63) is 90.3 Å². The molecular formula is C30H29N3O5S2. The fourth-order valence-corrected chi connectivity index (χ4v) is 9.06. The summed E-state index contributed by atoms with van der Waals surface area (Å²) in [7, 11) is -8.25. The van der Waals surface area contributed by atoms with E-state index >= 15 is 0 Å². The fraction of sp³-hybridized carbons (Fsp3) is 0.200. The third kappa shape index (κ3) is 4.89. The molecule has 3 aromatic carbocycles. The summed E-state index contributed by atoms with van der Waals surface area (Å²) >= 11 is 0. The Balaban J connectivity index is 1.74. The van der Waals surface area contributed by atoms with Gasteiger partial charge in [0.1, 0.15) is 15.5 Å². The van der Waals surface area contributed by atoms with Crippen LogP contribution in [0.25, 0.3) is 27.1 Å². The van der Waals surface area contributed by atoms with Crippen molar-refractivity contribution in [2.75, 3.05) is 11.5 Å². The number of nitrogens with zero attached hydrogens (tertiary/aromatic N) is 2. The predicted molar refractivity (Wildman–Crippen MR) is 159 cm³/mol. The first kappa shape index (κ1) is 27.5. The smallest absolute Gasteiger partial charge is 0.289 e. The molecule has 0 aliphatic heterocycles. The molecule has 1 amide bonds. The molecule has 8 nitrogen and oxygen atoms in total. The van der Waals surface area contributed by atoms with Gasteiger partial charge in [-0.2, -0.15) is 5.10 Å². The maximum atomic E-state index is 13.7. The Hall–Kier alpha value is -4.02. The van der Waals surface area contributed by atoms with Crippen molar-refractivity contribution < 1.29 is 21.6 Å². The van der Waals surface area contributed by atoms with Gasteiger partial charge in [-0.1, -0.05) is 80.6 Å². The normalized spacial score (nSPS) is 12.6. The quantitative estimate of drug-likeness (QED) is 0.187. The van der Waals surface area contributed by atoms with Crippen LogP contribution >= 0.6 is 0 Å². The minimum atomic E-state index is -4.17. The van der Waals surface area contributed by atoms with Crippen LogP contribution in [0.5, 0.6) is 0 Å². The van der Waals surface area contributed by atoms with Crippen molar-refractivity contribution in [3.63, 3.8) is 0 Å². The Morgan fingerprint density at radius 2 is 1.35 bits per heavy atom. The SMILES string of the molecule is CCCS(=O)(=O)c1c(S(=O)(=O)CCC)c2c3ccccc3ccn2c1C(=O)N/N=C\c1cccc2ccccc12. The van der Waals surface area contributed by atoms with E-state index in [1.54, 1.807) is 32.0 Å². The van der Waals surface area contributed by atoms with E-state index in [2.05, 4.69) is 10.5 Å². The number of sulfone groups is 2. The van der Waals surface area contributed by atoms with E-state index < -0.39 is 30.5 Å². The molecule has 0 saturated heterocycles. The van der Waals surface area contributed by atoms with Gasteiger partial charge in [-0.25, -0.2) is 22.3 Å².